The fraction of sp³-hybridized carbons (Fsp3) is 0.571. The van der Waals surface area contributed by atoms with E-state index in [1.165, 1.54) is 37.9 Å². The molecule has 0 amide bonds. The molecule has 1 saturated heterocycles. The quantitative estimate of drug-likeness (QED) is 0.820. The van der Waals surface area contributed by atoms with E-state index in [2.05, 4.69) is 17.9 Å². The summed E-state index contributed by atoms with van der Waals surface area (Å²) < 4.78 is 0. The Morgan fingerprint density at radius 3 is 2.94 bits per heavy atom. The molecule has 1 fully saturated rings. The first kappa shape index (κ1) is 14.3. The topological polar surface area (TPSA) is 23.5 Å². The van der Waals surface area contributed by atoms with Gasteiger partial charge in [0.15, 0.2) is 0 Å². The molecule has 0 aromatic heterocycles. The van der Waals surface area contributed by atoms with Gasteiger partial charge in [0, 0.05) is 6.54 Å². The summed E-state index contributed by atoms with van der Waals surface area (Å²) in [6.45, 7) is 5.83. The Morgan fingerprint density at radius 2 is 2.24 bits per heavy atom. The number of halogens is 1. The number of piperidine rings is 1. The molecule has 17 heavy (non-hydrogen) atoms. The number of rotatable bonds is 3. The van der Waals surface area contributed by atoms with Crippen molar-refractivity contribution in [1.29, 1.82) is 0 Å². The molecule has 0 spiro atoms. The van der Waals surface area contributed by atoms with Gasteiger partial charge in [-0.2, -0.15) is 0 Å². The number of phenols is 1. The number of aromatic hydroxyl groups is 1. The molecular formula is C14H21ClNO-. The number of hydrogen-bond donors (Lipinski definition) is 1. The lowest BCUT2D eigenvalue weighted by atomic mass is 9.90. The van der Waals surface area contributed by atoms with Crippen LogP contribution in [-0.4, -0.2) is 29.6 Å². The normalized spacial score (nSPS) is 20.9. The van der Waals surface area contributed by atoms with E-state index in [9.17, 15) is 5.11 Å². The van der Waals surface area contributed by atoms with Gasteiger partial charge in [0.25, 0.3) is 0 Å². The lowest BCUT2D eigenvalue weighted by molar-refractivity contribution is -0.00000443. The minimum Gasteiger partial charge on any atom is -1.00 e. The molecule has 1 heterocycles. The SMILES string of the molecule is CCCN1CCC[C@@H](c2cccc(O)c2)C1.[Cl-]. The highest BCUT2D eigenvalue weighted by Crippen LogP contribution is 2.28. The maximum atomic E-state index is 9.50. The standard InChI is InChI=1S/C14H21NO.ClH/c1-2-8-15-9-4-6-13(11-15)12-5-3-7-14(16)10-12;/h3,5,7,10,13,16H,2,4,6,8-9,11H2,1H3;1H/p-1/t13-;/m1./s1. The summed E-state index contributed by atoms with van der Waals surface area (Å²) in [6.07, 6.45) is 3.76. The zero-order chi connectivity index (χ0) is 11.4. The molecule has 96 valence electrons. The van der Waals surface area contributed by atoms with Gasteiger partial charge in [-0.1, -0.05) is 19.1 Å². The van der Waals surface area contributed by atoms with Crippen molar-refractivity contribution < 1.29 is 17.5 Å². The van der Waals surface area contributed by atoms with Crippen LogP contribution in [0.2, 0.25) is 0 Å². The fourth-order valence-electron chi connectivity index (χ4n) is 2.63. The zero-order valence-electron chi connectivity index (χ0n) is 10.4. The highest BCUT2D eigenvalue weighted by molar-refractivity contribution is 5.30. The van der Waals surface area contributed by atoms with E-state index in [-0.39, 0.29) is 12.4 Å². The third kappa shape index (κ3) is 3.90. The molecule has 2 rings (SSSR count). The Bertz CT molecular complexity index is 341. The van der Waals surface area contributed by atoms with Crippen molar-refractivity contribution in [3.8, 4) is 5.75 Å². The van der Waals surface area contributed by atoms with E-state index < -0.39 is 0 Å². The first-order valence-electron chi connectivity index (χ1n) is 6.31. The van der Waals surface area contributed by atoms with Crippen LogP contribution < -0.4 is 12.4 Å². The van der Waals surface area contributed by atoms with Crippen molar-refractivity contribution in [3.63, 3.8) is 0 Å². The summed E-state index contributed by atoms with van der Waals surface area (Å²) in [5.74, 6) is 0.998. The van der Waals surface area contributed by atoms with E-state index in [0.717, 1.165) is 6.54 Å². The van der Waals surface area contributed by atoms with Crippen LogP contribution in [-0.2, 0) is 0 Å². The van der Waals surface area contributed by atoms with Gasteiger partial charge in [-0.05, 0) is 56.0 Å². The van der Waals surface area contributed by atoms with Crippen LogP contribution in [0.25, 0.3) is 0 Å². The van der Waals surface area contributed by atoms with Crippen LogP contribution in [0, 0.1) is 0 Å². The maximum Gasteiger partial charge on any atom is 0.115 e. The minimum atomic E-state index is 0. The van der Waals surface area contributed by atoms with E-state index in [1.54, 1.807) is 6.07 Å². The zero-order valence-corrected chi connectivity index (χ0v) is 11.2. The molecule has 0 unspecified atom stereocenters. The summed E-state index contributed by atoms with van der Waals surface area (Å²) >= 11 is 0. The second kappa shape index (κ2) is 6.87. The first-order chi connectivity index (χ1) is 7.79. The molecule has 1 aliphatic heterocycles. The molecule has 1 aromatic rings. The third-order valence-electron chi connectivity index (χ3n) is 3.39. The predicted molar refractivity (Wildman–Crippen MR) is 66.8 cm³/mol. The average Bonchev–Trinajstić information content (AvgIpc) is 2.30. The van der Waals surface area contributed by atoms with Crippen LogP contribution in [0.3, 0.4) is 0 Å². The average molecular weight is 255 g/mol. The van der Waals surface area contributed by atoms with Crippen molar-refractivity contribution in [3.05, 3.63) is 29.8 Å². The fourth-order valence-corrected chi connectivity index (χ4v) is 2.63. The summed E-state index contributed by atoms with van der Waals surface area (Å²) in [5, 5.41) is 9.50. The van der Waals surface area contributed by atoms with Crippen LogP contribution in [0.5, 0.6) is 5.75 Å². The monoisotopic (exact) mass is 254 g/mol. The van der Waals surface area contributed by atoms with Gasteiger partial charge < -0.3 is 22.4 Å². The van der Waals surface area contributed by atoms with Crippen LogP contribution >= 0.6 is 0 Å². The highest BCUT2D eigenvalue weighted by atomic mass is 35.5. The Balaban J connectivity index is 0.00000144. The summed E-state index contributed by atoms with van der Waals surface area (Å²) in [6, 6.07) is 7.75. The van der Waals surface area contributed by atoms with Gasteiger partial charge in [-0.15, -0.1) is 0 Å². The summed E-state index contributed by atoms with van der Waals surface area (Å²) in [7, 11) is 0. The molecule has 1 N–H and O–H groups in total. The van der Waals surface area contributed by atoms with Crippen molar-refractivity contribution >= 4 is 0 Å². The first-order valence-corrected chi connectivity index (χ1v) is 6.31. The molecular weight excluding hydrogens is 234 g/mol. The number of benzene rings is 1. The second-order valence-electron chi connectivity index (χ2n) is 4.73. The smallest absolute Gasteiger partial charge is 0.115 e. The highest BCUT2D eigenvalue weighted by Gasteiger charge is 2.20. The van der Waals surface area contributed by atoms with E-state index >= 15 is 0 Å². The molecule has 0 radical (unpaired) electrons. The Labute approximate surface area is 110 Å². The summed E-state index contributed by atoms with van der Waals surface area (Å²) in [4.78, 5) is 2.54. The Kier molecular flexibility index (Phi) is 5.79. The molecule has 0 aliphatic carbocycles. The van der Waals surface area contributed by atoms with Gasteiger partial charge in [0.1, 0.15) is 5.75 Å². The number of nitrogens with zero attached hydrogens (tertiary/aromatic N) is 1. The largest absolute Gasteiger partial charge is 1.00 e. The third-order valence-corrected chi connectivity index (χ3v) is 3.39. The molecule has 1 aliphatic rings. The van der Waals surface area contributed by atoms with Gasteiger partial charge in [-0.25, -0.2) is 0 Å². The van der Waals surface area contributed by atoms with Gasteiger partial charge >= 0.3 is 0 Å². The lowest BCUT2D eigenvalue weighted by Gasteiger charge is -2.32. The number of likely N-dealkylation sites (tertiary alicyclic amines) is 1. The van der Waals surface area contributed by atoms with E-state index in [1.807, 2.05) is 12.1 Å². The van der Waals surface area contributed by atoms with Crippen LogP contribution in [0.15, 0.2) is 24.3 Å². The van der Waals surface area contributed by atoms with E-state index in [4.69, 9.17) is 0 Å². The predicted octanol–water partition coefficient (Wildman–Crippen LogP) is -0.0144. The second-order valence-corrected chi connectivity index (χ2v) is 4.73. The van der Waals surface area contributed by atoms with Crippen molar-refractivity contribution in [2.45, 2.75) is 32.1 Å². The minimum absolute atomic E-state index is 0. The van der Waals surface area contributed by atoms with Gasteiger partial charge in [0.05, 0.1) is 0 Å². The molecule has 0 bridgehead atoms. The summed E-state index contributed by atoms with van der Waals surface area (Å²) in [5.41, 5.74) is 1.29. The van der Waals surface area contributed by atoms with E-state index in [0.29, 0.717) is 11.7 Å². The Morgan fingerprint density at radius 1 is 1.41 bits per heavy atom. The number of hydrogen-bond acceptors (Lipinski definition) is 2. The molecule has 2 nitrogen and oxygen atoms in total. The molecule has 1 aromatic carbocycles. The Hall–Kier alpha value is -0.730. The molecule has 0 saturated carbocycles. The van der Waals surface area contributed by atoms with Gasteiger partial charge in [0.2, 0.25) is 0 Å². The number of phenolic OH excluding ortho intramolecular Hbond substituents is 1. The van der Waals surface area contributed by atoms with Crippen molar-refractivity contribution in [1.82, 2.24) is 4.90 Å². The molecule has 3 heteroatoms. The van der Waals surface area contributed by atoms with Crippen LogP contribution in [0.1, 0.15) is 37.7 Å². The van der Waals surface area contributed by atoms with Crippen molar-refractivity contribution in [2.24, 2.45) is 0 Å². The van der Waals surface area contributed by atoms with Crippen molar-refractivity contribution in [2.75, 3.05) is 19.6 Å². The van der Waals surface area contributed by atoms with Gasteiger partial charge in [-0.3, -0.25) is 0 Å². The maximum absolute atomic E-state index is 9.50. The lowest BCUT2D eigenvalue weighted by Crippen LogP contribution is -3.00. The molecule has 1 atom stereocenters. The van der Waals surface area contributed by atoms with Crippen LogP contribution in [0.4, 0.5) is 0 Å².